The molecule has 10 heteroatoms. The minimum Gasteiger partial charge on any atom is -0.460 e. The average Bonchev–Trinajstić information content (AvgIpc) is 2.96. The molecule has 42 heavy (non-hydrogen) atoms. The van der Waals surface area contributed by atoms with Crippen molar-refractivity contribution in [1.82, 2.24) is 5.32 Å². The van der Waals surface area contributed by atoms with Crippen LogP contribution in [0.15, 0.2) is 60.7 Å². The van der Waals surface area contributed by atoms with Crippen LogP contribution in [-0.4, -0.2) is 61.9 Å². The van der Waals surface area contributed by atoms with E-state index in [4.69, 9.17) is 23.7 Å². The predicted molar refractivity (Wildman–Crippen MR) is 155 cm³/mol. The Balaban J connectivity index is 1.67. The van der Waals surface area contributed by atoms with Gasteiger partial charge in [-0.3, -0.25) is 9.59 Å². The lowest BCUT2D eigenvalue weighted by molar-refractivity contribution is -0.156. The number of Topliss-reactive ketones (excluding diaryl/α,β-unsaturated/α-hetero) is 1. The fraction of sp³-hybridized carbons (Fsp3) is 0.500. The van der Waals surface area contributed by atoms with E-state index in [9.17, 15) is 19.2 Å². The standard InChI is InChI=1S/C32H43NO9/c1-32(2,3)42-29(35)18-20-39-22-21-38-19-10-15-27(34)16-17-28(30(36)40-23-25-11-6-4-7-12-25)33-31(37)41-24-26-13-8-5-9-14-26/h4-9,11-14,28H,10,15-24H2,1-3H3,(H,33,37)/t28-/m0/s1. The number of benzene rings is 2. The fourth-order valence-electron chi connectivity index (χ4n) is 3.66. The van der Waals surface area contributed by atoms with Crippen LogP contribution in [0.2, 0.25) is 0 Å². The molecule has 0 saturated carbocycles. The van der Waals surface area contributed by atoms with E-state index in [-0.39, 0.29) is 57.3 Å². The van der Waals surface area contributed by atoms with E-state index in [1.807, 2.05) is 81.4 Å². The summed E-state index contributed by atoms with van der Waals surface area (Å²) < 4.78 is 26.7. The number of amides is 1. The molecule has 0 bridgehead atoms. The Morgan fingerprint density at radius 1 is 0.714 bits per heavy atom. The van der Waals surface area contributed by atoms with E-state index < -0.39 is 23.7 Å². The van der Waals surface area contributed by atoms with Crippen LogP contribution < -0.4 is 5.32 Å². The quantitative estimate of drug-likeness (QED) is 0.139. The van der Waals surface area contributed by atoms with Gasteiger partial charge in [0.05, 0.1) is 26.2 Å². The van der Waals surface area contributed by atoms with Crippen LogP contribution in [0, 0.1) is 0 Å². The number of carbonyl (C=O) groups excluding carboxylic acids is 4. The smallest absolute Gasteiger partial charge is 0.408 e. The third kappa shape index (κ3) is 16.5. The van der Waals surface area contributed by atoms with Crippen molar-refractivity contribution in [3.05, 3.63) is 71.8 Å². The summed E-state index contributed by atoms with van der Waals surface area (Å²) >= 11 is 0. The van der Waals surface area contributed by atoms with Gasteiger partial charge in [-0.2, -0.15) is 0 Å². The summed E-state index contributed by atoms with van der Waals surface area (Å²) in [5.41, 5.74) is 1.09. The van der Waals surface area contributed by atoms with E-state index in [1.54, 1.807) is 0 Å². The minimum absolute atomic E-state index is 0.0478. The molecular formula is C32H43NO9. The SMILES string of the molecule is CC(C)(C)OC(=O)CCOCCOCCCC(=O)CC[C@H](NC(=O)OCc1ccccc1)C(=O)OCc1ccccc1. The first-order valence-corrected chi connectivity index (χ1v) is 14.2. The molecule has 0 aromatic heterocycles. The summed E-state index contributed by atoms with van der Waals surface area (Å²) in [5, 5.41) is 2.54. The van der Waals surface area contributed by atoms with Crippen LogP contribution >= 0.6 is 0 Å². The Morgan fingerprint density at radius 2 is 1.29 bits per heavy atom. The second-order valence-corrected chi connectivity index (χ2v) is 10.6. The maximum absolute atomic E-state index is 12.8. The van der Waals surface area contributed by atoms with Gasteiger partial charge in [-0.1, -0.05) is 60.7 Å². The molecule has 10 nitrogen and oxygen atoms in total. The first-order valence-electron chi connectivity index (χ1n) is 14.2. The normalized spacial score (nSPS) is 11.8. The lowest BCUT2D eigenvalue weighted by atomic mass is 10.1. The van der Waals surface area contributed by atoms with Gasteiger partial charge in [-0.25, -0.2) is 9.59 Å². The summed E-state index contributed by atoms with van der Waals surface area (Å²) in [6, 6.07) is 17.3. The van der Waals surface area contributed by atoms with E-state index in [0.717, 1.165) is 11.1 Å². The van der Waals surface area contributed by atoms with Crippen molar-refractivity contribution in [2.45, 2.75) is 77.7 Å². The number of rotatable bonds is 19. The number of carbonyl (C=O) groups is 4. The average molecular weight is 586 g/mol. The van der Waals surface area contributed by atoms with Crippen molar-refractivity contribution >= 4 is 23.8 Å². The number of hydrogen-bond donors (Lipinski definition) is 1. The maximum Gasteiger partial charge on any atom is 0.408 e. The summed E-state index contributed by atoms with van der Waals surface area (Å²) in [5.74, 6) is -1.02. The number of ketones is 1. The highest BCUT2D eigenvalue weighted by Gasteiger charge is 2.24. The number of ether oxygens (including phenoxy) is 5. The predicted octanol–water partition coefficient (Wildman–Crippen LogP) is 4.92. The molecule has 0 aliphatic heterocycles. The molecule has 0 radical (unpaired) electrons. The van der Waals surface area contributed by atoms with Crippen molar-refractivity contribution in [2.75, 3.05) is 26.4 Å². The number of esters is 2. The van der Waals surface area contributed by atoms with Gasteiger partial charge in [0, 0.05) is 19.4 Å². The second-order valence-electron chi connectivity index (χ2n) is 10.6. The summed E-state index contributed by atoms with van der Waals surface area (Å²) in [6.07, 6.45) is 0.342. The minimum atomic E-state index is -1.03. The lowest BCUT2D eigenvalue weighted by Gasteiger charge is -2.19. The molecule has 0 aliphatic rings. The van der Waals surface area contributed by atoms with Crippen molar-refractivity contribution in [3.8, 4) is 0 Å². The Hall–Kier alpha value is -3.76. The molecular weight excluding hydrogens is 542 g/mol. The van der Waals surface area contributed by atoms with Crippen LogP contribution in [-0.2, 0) is 51.3 Å². The third-order valence-corrected chi connectivity index (χ3v) is 5.71. The van der Waals surface area contributed by atoms with E-state index >= 15 is 0 Å². The van der Waals surface area contributed by atoms with E-state index in [1.165, 1.54) is 0 Å². The van der Waals surface area contributed by atoms with Crippen LogP contribution in [0.3, 0.4) is 0 Å². The summed E-state index contributed by atoms with van der Waals surface area (Å²) in [4.78, 5) is 49.3. The van der Waals surface area contributed by atoms with Crippen LogP contribution in [0.1, 0.15) is 64.0 Å². The maximum atomic E-state index is 12.8. The van der Waals surface area contributed by atoms with Crippen molar-refractivity contribution in [3.63, 3.8) is 0 Å². The van der Waals surface area contributed by atoms with Crippen LogP contribution in [0.4, 0.5) is 4.79 Å². The third-order valence-electron chi connectivity index (χ3n) is 5.71. The molecule has 1 atom stereocenters. The van der Waals surface area contributed by atoms with Gasteiger partial charge in [0.25, 0.3) is 0 Å². The van der Waals surface area contributed by atoms with Gasteiger partial charge in [0.2, 0.25) is 0 Å². The number of nitrogens with one attached hydrogen (secondary N) is 1. The van der Waals surface area contributed by atoms with Gasteiger partial charge in [-0.05, 0) is 44.7 Å². The molecule has 1 N–H and O–H groups in total. The number of hydrogen-bond acceptors (Lipinski definition) is 9. The molecule has 0 spiro atoms. The molecule has 230 valence electrons. The van der Waals surface area contributed by atoms with Gasteiger partial charge in [0.15, 0.2) is 0 Å². The topological polar surface area (TPSA) is 126 Å². The Labute approximate surface area is 248 Å². The summed E-state index contributed by atoms with van der Waals surface area (Å²) in [6.45, 7) is 6.82. The van der Waals surface area contributed by atoms with E-state index in [2.05, 4.69) is 5.32 Å². The molecule has 0 fully saturated rings. The molecule has 2 aromatic rings. The fourth-order valence-corrected chi connectivity index (χ4v) is 3.66. The van der Waals surface area contributed by atoms with Crippen molar-refractivity contribution in [1.29, 1.82) is 0 Å². The highest BCUT2D eigenvalue weighted by atomic mass is 16.6. The Bertz CT molecular complexity index is 1080. The van der Waals surface area contributed by atoms with Gasteiger partial charge >= 0.3 is 18.0 Å². The monoisotopic (exact) mass is 585 g/mol. The Kier molecular flexibility index (Phi) is 15.9. The van der Waals surface area contributed by atoms with Crippen molar-refractivity contribution in [2.24, 2.45) is 0 Å². The highest BCUT2D eigenvalue weighted by Crippen LogP contribution is 2.10. The molecule has 0 saturated heterocycles. The first kappa shape index (κ1) is 34.4. The molecule has 0 heterocycles. The molecule has 2 aromatic carbocycles. The highest BCUT2D eigenvalue weighted by molar-refractivity contribution is 5.83. The zero-order chi connectivity index (χ0) is 30.6. The van der Waals surface area contributed by atoms with Crippen molar-refractivity contribution < 1.29 is 42.9 Å². The zero-order valence-corrected chi connectivity index (χ0v) is 24.8. The molecule has 1 amide bonds. The van der Waals surface area contributed by atoms with Gasteiger partial charge in [0.1, 0.15) is 30.6 Å². The van der Waals surface area contributed by atoms with Gasteiger partial charge in [-0.15, -0.1) is 0 Å². The molecule has 0 aliphatic carbocycles. The van der Waals surface area contributed by atoms with E-state index in [0.29, 0.717) is 26.2 Å². The zero-order valence-electron chi connectivity index (χ0n) is 24.8. The molecule has 0 unspecified atom stereocenters. The van der Waals surface area contributed by atoms with Crippen LogP contribution in [0.5, 0.6) is 0 Å². The Morgan fingerprint density at radius 3 is 1.88 bits per heavy atom. The largest absolute Gasteiger partial charge is 0.460 e. The van der Waals surface area contributed by atoms with Gasteiger partial charge < -0.3 is 29.0 Å². The summed E-state index contributed by atoms with van der Waals surface area (Å²) in [7, 11) is 0. The molecule has 2 rings (SSSR count). The first-order chi connectivity index (χ1) is 20.1. The lowest BCUT2D eigenvalue weighted by Crippen LogP contribution is -2.42. The second kappa shape index (κ2) is 19.4. The van der Waals surface area contributed by atoms with Crippen LogP contribution in [0.25, 0.3) is 0 Å². The number of alkyl carbamates (subject to hydrolysis) is 1.